The molecule has 3 aliphatic heterocycles. The first kappa shape index (κ1) is 33.5. The van der Waals surface area contributed by atoms with Crippen LogP contribution in [0.4, 0.5) is 0 Å². The molecule has 2 aromatic rings. The lowest BCUT2D eigenvalue weighted by molar-refractivity contribution is 0.00578. The van der Waals surface area contributed by atoms with E-state index in [1.165, 1.54) is 12.8 Å². The zero-order valence-corrected chi connectivity index (χ0v) is 26.2. The molecule has 3 aliphatic rings. The molecule has 0 spiro atoms. The summed E-state index contributed by atoms with van der Waals surface area (Å²) in [4.78, 5) is 0. The number of hydrogen-bond donors (Lipinski definition) is 0. The topological polar surface area (TPSA) is 91.0 Å². The lowest BCUT2D eigenvalue weighted by Crippen LogP contribution is -2.41. The van der Waals surface area contributed by atoms with Crippen molar-refractivity contribution in [2.75, 3.05) is 13.2 Å². The molecule has 0 aromatic carbocycles. The van der Waals surface area contributed by atoms with Gasteiger partial charge in [-0.1, -0.05) is 0 Å². The molecule has 0 N–H and O–H groups in total. The van der Waals surface area contributed by atoms with Crippen LogP contribution in [0.25, 0.3) is 0 Å². The third kappa shape index (κ3) is 9.72. The molecule has 220 valence electrons. The second-order valence-electron chi connectivity index (χ2n) is 12.2. The number of aryl methyl sites for hydroxylation is 2. The van der Waals surface area contributed by atoms with Gasteiger partial charge in [-0.3, -0.25) is 9.36 Å². The molecule has 0 radical (unpaired) electrons. The van der Waals surface area contributed by atoms with Crippen LogP contribution in [0.15, 0.2) is 30.7 Å². The van der Waals surface area contributed by atoms with Crippen LogP contribution in [-0.2, 0) is 42.1 Å². The summed E-state index contributed by atoms with van der Waals surface area (Å²) >= 11 is 0. The summed E-state index contributed by atoms with van der Waals surface area (Å²) in [7, 11) is 2.94. The standard InChI is InChI=1S/C10H17BN2O2.C9H19BO3.C4H6N2.C4H8O/c1-9(2)10(3,4)15-11(14-9)8-6-7-12-13(8)5;1-7(2)11-10-12-8(3,4)9(5,6)13-10;1-6-4-2-3-5-6;1-2-4-5-3-1/h6-7H,1-5H3;7H,1-6H3;2-4H,1H3;1-4H2. The zero-order valence-electron chi connectivity index (χ0n) is 26.2. The number of hydrogen-bond acceptors (Lipinski definition) is 8. The normalized spacial score (nSPS) is 22.0. The van der Waals surface area contributed by atoms with Crippen molar-refractivity contribution < 1.29 is 28.0 Å². The minimum absolute atomic E-state index is 0.120. The highest BCUT2D eigenvalue weighted by atomic mass is 16.8. The molecule has 0 aliphatic carbocycles. The van der Waals surface area contributed by atoms with Crippen molar-refractivity contribution in [1.29, 1.82) is 0 Å². The van der Waals surface area contributed by atoms with Gasteiger partial charge >= 0.3 is 14.4 Å². The van der Waals surface area contributed by atoms with Gasteiger partial charge in [0.2, 0.25) is 0 Å². The van der Waals surface area contributed by atoms with E-state index in [0.29, 0.717) is 0 Å². The molecule has 0 atom stereocenters. The van der Waals surface area contributed by atoms with Crippen LogP contribution in [0.2, 0.25) is 0 Å². The molecule has 3 saturated heterocycles. The summed E-state index contributed by atoms with van der Waals surface area (Å²) < 4.78 is 37.0. The van der Waals surface area contributed by atoms with Gasteiger partial charge in [-0.15, -0.1) is 0 Å². The van der Waals surface area contributed by atoms with E-state index in [-0.39, 0.29) is 35.6 Å². The maximum Gasteiger partial charge on any atom is 0.640 e. The minimum Gasteiger partial charge on any atom is -0.398 e. The van der Waals surface area contributed by atoms with E-state index in [4.69, 9.17) is 28.0 Å². The molecule has 12 heteroatoms. The first-order chi connectivity index (χ1) is 18.0. The molecular weight excluding hydrogens is 498 g/mol. The zero-order chi connectivity index (χ0) is 29.5. The SMILES string of the molecule is C1CCOC1.CC(C)OB1OC(C)(C)C(C)(C)O1.Cn1cccn1.Cn1nccc1B1OC(C)(C)C(C)(C)O1. The number of aromatic nitrogens is 4. The Kier molecular flexibility index (Phi) is 11.8. The lowest BCUT2D eigenvalue weighted by Gasteiger charge is -2.32. The summed E-state index contributed by atoms with van der Waals surface area (Å²) in [5.41, 5.74) is -0.225. The van der Waals surface area contributed by atoms with Gasteiger partial charge in [-0.05, 0) is 94.2 Å². The molecular formula is C27H50B2N4O6. The van der Waals surface area contributed by atoms with Crippen LogP contribution in [0.3, 0.4) is 0 Å². The van der Waals surface area contributed by atoms with Gasteiger partial charge in [0.1, 0.15) is 0 Å². The molecule has 5 heterocycles. The Morgan fingerprint density at radius 2 is 1.31 bits per heavy atom. The Morgan fingerprint density at radius 3 is 1.62 bits per heavy atom. The highest BCUT2D eigenvalue weighted by Crippen LogP contribution is 2.37. The van der Waals surface area contributed by atoms with Crippen molar-refractivity contribution in [3.63, 3.8) is 0 Å². The Hall–Kier alpha value is -1.69. The summed E-state index contributed by atoms with van der Waals surface area (Å²) in [6.45, 7) is 22.1. The fourth-order valence-corrected chi connectivity index (χ4v) is 3.50. The van der Waals surface area contributed by atoms with Gasteiger partial charge in [0, 0.05) is 52.0 Å². The Balaban J connectivity index is 0.000000199. The predicted octanol–water partition coefficient (Wildman–Crippen LogP) is 3.94. The summed E-state index contributed by atoms with van der Waals surface area (Å²) in [5, 5.41) is 7.95. The van der Waals surface area contributed by atoms with E-state index in [2.05, 4.69) is 10.2 Å². The summed E-state index contributed by atoms with van der Waals surface area (Å²) in [6, 6.07) is 3.81. The predicted molar refractivity (Wildman–Crippen MR) is 154 cm³/mol. The largest absolute Gasteiger partial charge is 0.640 e. The van der Waals surface area contributed by atoms with E-state index in [9.17, 15) is 0 Å². The number of nitrogens with zero attached hydrogens (tertiary/aromatic N) is 4. The van der Waals surface area contributed by atoms with E-state index < -0.39 is 7.32 Å². The van der Waals surface area contributed by atoms with Gasteiger partial charge in [0.05, 0.1) is 28.0 Å². The molecule has 0 bridgehead atoms. The fourth-order valence-electron chi connectivity index (χ4n) is 3.50. The maximum atomic E-state index is 5.91. The molecule has 0 amide bonds. The van der Waals surface area contributed by atoms with Crippen LogP contribution < -0.4 is 5.59 Å². The van der Waals surface area contributed by atoms with Crippen molar-refractivity contribution in [3.8, 4) is 0 Å². The average Bonchev–Trinajstić information content (AvgIpc) is 3.60. The molecule has 2 aromatic heterocycles. The highest BCUT2D eigenvalue weighted by Gasteiger charge is 2.53. The maximum absolute atomic E-state index is 5.91. The van der Waals surface area contributed by atoms with Crippen molar-refractivity contribution >= 4 is 20.0 Å². The van der Waals surface area contributed by atoms with Crippen molar-refractivity contribution in [2.24, 2.45) is 14.1 Å². The van der Waals surface area contributed by atoms with Gasteiger partial charge in [0.25, 0.3) is 0 Å². The third-order valence-corrected chi connectivity index (χ3v) is 7.43. The van der Waals surface area contributed by atoms with E-state index >= 15 is 0 Å². The molecule has 10 nitrogen and oxygen atoms in total. The Labute approximate surface area is 236 Å². The number of ether oxygens (including phenoxy) is 1. The van der Waals surface area contributed by atoms with Gasteiger partial charge in [0.15, 0.2) is 0 Å². The first-order valence-corrected chi connectivity index (χ1v) is 13.8. The van der Waals surface area contributed by atoms with Gasteiger partial charge in [-0.25, -0.2) is 0 Å². The lowest BCUT2D eigenvalue weighted by atomic mass is 9.85. The Morgan fingerprint density at radius 1 is 0.795 bits per heavy atom. The molecule has 0 unspecified atom stereocenters. The minimum atomic E-state index is -0.523. The van der Waals surface area contributed by atoms with Crippen molar-refractivity contribution in [1.82, 2.24) is 19.6 Å². The monoisotopic (exact) mass is 548 g/mol. The number of rotatable bonds is 3. The third-order valence-electron chi connectivity index (χ3n) is 7.43. The van der Waals surface area contributed by atoms with E-state index in [1.807, 2.05) is 102 Å². The summed E-state index contributed by atoms with van der Waals surface area (Å²) in [5.74, 6) is 0. The van der Waals surface area contributed by atoms with E-state index in [0.717, 1.165) is 18.8 Å². The molecule has 39 heavy (non-hydrogen) atoms. The van der Waals surface area contributed by atoms with Crippen LogP contribution >= 0.6 is 0 Å². The molecule has 0 saturated carbocycles. The quantitative estimate of drug-likeness (QED) is 0.534. The van der Waals surface area contributed by atoms with Crippen LogP contribution in [0.5, 0.6) is 0 Å². The van der Waals surface area contributed by atoms with Crippen LogP contribution in [0.1, 0.15) is 82.1 Å². The van der Waals surface area contributed by atoms with Crippen LogP contribution in [-0.4, -0.2) is 75.7 Å². The molecule has 3 fully saturated rings. The van der Waals surface area contributed by atoms with Gasteiger partial charge < -0.3 is 28.0 Å². The molecule has 5 rings (SSSR count). The smallest absolute Gasteiger partial charge is 0.398 e. The van der Waals surface area contributed by atoms with Crippen molar-refractivity contribution in [2.45, 2.75) is 111 Å². The average molecular weight is 548 g/mol. The highest BCUT2D eigenvalue weighted by molar-refractivity contribution is 6.61. The van der Waals surface area contributed by atoms with Crippen molar-refractivity contribution in [3.05, 3.63) is 30.7 Å². The second kappa shape index (κ2) is 13.8. The second-order valence-corrected chi connectivity index (χ2v) is 12.2. The van der Waals surface area contributed by atoms with Crippen LogP contribution in [0, 0.1) is 0 Å². The van der Waals surface area contributed by atoms with Gasteiger partial charge in [-0.2, -0.15) is 10.2 Å². The van der Waals surface area contributed by atoms with E-state index in [1.54, 1.807) is 21.8 Å². The summed E-state index contributed by atoms with van der Waals surface area (Å²) in [6.07, 6.45) is 8.06. The Bertz CT molecular complexity index is 935. The fraction of sp³-hybridized carbons (Fsp3) is 0.778. The first-order valence-electron chi connectivity index (χ1n) is 13.8.